The van der Waals surface area contributed by atoms with Gasteiger partial charge in [-0.1, -0.05) is 18.2 Å². The number of pyridine rings is 1. The molecule has 148 valence electrons. The number of nitrogens with two attached hydrogens (primary N) is 1. The summed E-state index contributed by atoms with van der Waals surface area (Å²) in [6, 6.07) is 9.22. The van der Waals surface area contributed by atoms with Crippen molar-refractivity contribution in [2.24, 2.45) is 0 Å². The molecule has 7 nitrogen and oxygen atoms in total. The Morgan fingerprint density at radius 2 is 1.96 bits per heavy atom. The van der Waals surface area contributed by atoms with Crippen molar-refractivity contribution in [3.63, 3.8) is 0 Å². The number of nitrogens with zero attached hydrogens (tertiary/aromatic N) is 3. The molecule has 0 spiro atoms. The number of hydrogen-bond acceptors (Lipinski definition) is 5. The van der Waals surface area contributed by atoms with E-state index in [-0.39, 0.29) is 5.91 Å². The van der Waals surface area contributed by atoms with Gasteiger partial charge < -0.3 is 20.4 Å². The van der Waals surface area contributed by atoms with Crippen LogP contribution in [0.15, 0.2) is 30.3 Å². The first-order valence-corrected chi connectivity index (χ1v) is 9.55. The van der Waals surface area contributed by atoms with Gasteiger partial charge in [-0.05, 0) is 44.9 Å². The molecular formula is C21H27N5O2. The summed E-state index contributed by atoms with van der Waals surface area (Å²) in [6.45, 7) is 8.24. The van der Waals surface area contributed by atoms with Gasteiger partial charge in [0.05, 0.1) is 5.52 Å². The van der Waals surface area contributed by atoms with Gasteiger partial charge in [-0.15, -0.1) is 0 Å². The van der Waals surface area contributed by atoms with E-state index in [2.05, 4.69) is 19.9 Å². The molecule has 3 rings (SSSR count). The Labute approximate surface area is 164 Å². The average Bonchev–Trinajstić information content (AvgIpc) is 3.07. The number of aromatic nitrogens is 3. The van der Waals surface area contributed by atoms with Crippen LogP contribution in [0.5, 0.6) is 0 Å². The minimum atomic E-state index is -0.0638. The van der Waals surface area contributed by atoms with Crippen molar-refractivity contribution in [3.8, 4) is 0 Å². The van der Waals surface area contributed by atoms with Crippen molar-refractivity contribution in [2.45, 2.75) is 40.3 Å². The van der Waals surface area contributed by atoms with E-state index in [1.165, 1.54) is 0 Å². The van der Waals surface area contributed by atoms with Gasteiger partial charge in [0.25, 0.3) is 5.91 Å². The van der Waals surface area contributed by atoms with Crippen molar-refractivity contribution in [2.75, 3.05) is 18.9 Å². The first kappa shape index (κ1) is 19.8. The third-order valence-corrected chi connectivity index (χ3v) is 4.79. The summed E-state index contributed by atoms with van der Waals surface area (Å²) in [7, 11) is 0. The zero-order chi connectivity index (χ0) is 20.1. The summed E-state index contributed by atoms with van der Waals surface area (Å²) in [5.74, 6) is 1.20. The molecule has 1 amide bonds. The quantitative estimate of drug-likeness (QED) is 0.585. The van der Waals surface area contributed by atoms with Gasteiger partial charge in [-0.3, -0.25) is 4.79 Å². The predicted octanol–water partition coefficient (Wildman–Crippen LogP) is 2.99. The molecule has 7 heteroatoms. The summed E-state index contributed by atoms with van der Waals surface area (Å²) in [4.78, 5) is 21.3. The molecule has 2 aromatic heterocycles. The molecule has 3 aromatic rings. The zero-order valence-corrected chi connectivity index (χ0v) is 16.7. The number of anilines is 1. The average molecular weight is 381 g/mol. The van der Waals surface area contributed by atoms with Crippen LogP contribution < -0.4 is 11.1 Å². The molecule has 0 aliphatic rings. The highest BCUT2D eigenvalue weighted by molar-refractivity contribution is 5.94. The second kappa shape index (κ2) is 8.84. The van der Waals surface area contributed by atoms with Crippen molar-refractivity contribution in [1.82, 2.24) is 19.9 Å². The van der Waals surface area contributed by atoms with Crippen LogP contribution in [0.1, 0.15) is 40.8 Å². The number of nitrogen functional groups attached to an aromatic ring is 1. The minimum absolute atomic E-state index is 0.0638. The molecule has 0 radical (unpaired) electrons. The van der Waals surface area contributed by atoms with E-state index in [1.54, 1.807) is 12.1 Å². The second-order valence-electron chi connectivity index (χ2n) is 6.70. The molecule has 0 saturated heterocycles. The highest BCUT2D eigenvalue weighted by Gasteiger charge is 2.17. The fourth-order valence-electron chi connectivity index (χ4n) is 3.22. The van der Waals surface area contributed by atoms with Gasteiger partial charge in [0.15, 0.2) is 5.82 Å². The molecule has 28 heavy (non-hydrogen) atoms. The summed E-state index contributed by atoms with van der Waals surface area (Å²) >= 11 is 0. The molecule has 3 N–H and O–H groups in total. The van der Waals surface area contributed by atoms with Gasteiger partial charge in [0.2, 0.25) is 0 Å². The van der Waals surface area contributed by atoms with Crippen LogP contribution in [0.4, 0.5) is 5.82 Å². The Hall–Kier alpha value is -2.93. The predicted molar refractivity (Wildman–Crippen MR) is 110 cm³/mol. The van der Waals surface area contributed by atoms with Gasteiger partial charge in [-0.2, -0.15) is 0 Å². The summed E-state index contributed by atoms with van der Waals surface area (Å²) in [5, 5.41) is 2.97. The molecule has 0 fully saturated rings. The van der Waals surface area contributed by atoms with E-state index >= 15 is 0 Å². The fourth-order valence-corrected chi connectivity index (χ4v) is 3.22. The molecule has 0 aliphatic carbocycles. The van der Waals surface area contributed by atoms with Crippen LogP contribution in [0.3, 0.4) is 0 Å². The maximum absolute atomic E-state index is 12.2. The van der Waals surface area contributed by atoms with Crippen molar-refractivity contribution in [3.05, 3.63) is 53.0 Å². The molecule has 2 heterocycles. The number of rotatable bonds is 8. The molecule has 0 atom stereocenters. The Bertz CT molecular complexity index is 966. The number of fused-ring (bicyclic) bond motifs is 1. The maximum atomic E-state index is 12.2. The standard InChI is InChI=1S/C21H27N5O2/c1-4-28-13-17-25-18-19(14(2)15(3)24-20(18)22)26(17)12-8-11-23-21(27)16-9-6-5-7-10-16/h5-7,9-10H,4,8,11-13H2,1-3H3,(H2,22,24)(H,23,27). The van der Waals surface area contributed by atoms with Gasteiger partial charge in [0, 0.05) is 31.0 Å². The number of benzene rings is 1. The number of amides is 1. The third kappa shape index (κ3) is 4.14. The Kier molecular flexibility index (Phi) is 6.26. The number of hydrogen-bond donors (Lipinski definition) is 2. The monoisotopic (exact) mass is 381 g/mol. The van der Waals surface area contributed by atoms with E-state index in [1.807, 2.05) is 39.0 Å². The number of carbonyl (C=O) groups is 1. The van der Waals surface area contributed by atoms with Crippen LogP contribution in [-0.4, -0.2) is 33.6 Å². The molecule has 0 unspecified atom stereocenters. The lowest BCUT2D eigenvalue weighted by Gasteiger charge is -2.12. The number of ether oxygens (including phenoxy) is 1. The SMILES string of the molecule is CCOCc1nc2c(N)nc(C)c(C)c2n1CCCNC(=O)c1ccccc1. The fraction of sp³-hybridized carbons (Fsp3) is 0.381. The van der Waals surface area contributed by atoms with E-state index in [0.717, 1.165) is 29.0 Å². The lowest BCUT2D eigenvalue weighted by molar-refractivity contribution is 0.0952. The molecule has 0 aliphatic heterocycles. The van der Waals surface area contributed by atoms with Crippen LogP contribution in [0.25, 0.3) is 11.0 Å². The number of imidazole rings is 1. The topological polar surface area (TPSA) is 95.1 Å². The van der Waals surface area contributed by atoms with Crippen LogP contribution in [0.2, 0.25) is 0 Å². The lowest BCUT2D eigenvalue weighted by Crippen LogP contribution is -2.25. The minimum Gasteiger partial charge on any atom is -0.382 e. The molecule has 0 saturated carbocycles. The maximum Gasteiger partial charge on any atom is 0.251 e. The van der Waals surface area contributed by atoms with Gasteiger partial charge in [0.1, 0.15) is 17.9 Å². The summed E-state index contributed by atoms with van der Waals surface area (Å²) in [6.07, 6.45) is 0.768. The Morgan fingerprint density at radius 3 is 2.68 bits per heavy atom. The highest BCUT2D eigenvalue weighted by Crippen LogP contribution is 2.26. The third-order valence-electron chi connectivity index (χ3n) is 4.79. The molecule has 0 bridgehead atoms. The first-order chi connectivity index (χ1) is 13.5. The van der Waals surface area contributed by atoms with Crippen LogP contribution in [-0.2, 0) is 17.9 Å². The molecule has 1 aromatic carbocycles. The van der Waals surface area contributed by atoms with Gasteiger partial charge in [-0.25, -0.2) is 9.97 Å². The number of carbonyl (C=O) groups excluding carboxylic acids is 1. The van der Waals surface area contributed by atoms with E-state index < -0.39 is 0 Å². The normalized spacial score (nSPS) is 11.1. The largest absolute Gasteiger partial charge is 0.382 e. The van der Waals surface area contributed by atoms with Gasteiger partial charge >= 0.3 is 0 Å². The van der Waals surface area contributed by atoms with Crippen LogP contribution in [0, 0.1) is 13.8 Å². The van der Waals surface area contributed by atoms with Crippen molar-refractivity contribution in [1.29, 1.82) is 0 Å². The highest BCUT2D eigenvalue weighted by atomic mass is 16.5. The Morgan fingerprint density at radius 1 is 1.21 bits per heavy atom. The lowest BCUT2D eigenvalue weighted by atomic mass is 10.2. The summed E-state index contributed by atoms with van der Waals surface area (Å²) < 4.78 is 7.73. The number of aryl methyl sites for hydroxylation is 3. The number of nitrogens with one attached hydrogen (secondary N) is 1. The van der Waals surface area contributed by atoms with Crippen molar-refractivity contribution < 1.29 is 9.53 Å². The first-order valence-electron chi connectivity index (χ1n) is 9.55. The van der Waals surface area contributed by atoms with Crippen LogP contribution >= 0.6 is 0 Å². The van der Waals surface area contributed by atoms with E-state index in [9.17, 15) is 4.79 Å². The van der Waals surface area contributed by atoms with E-state index in [4.69, 9.17) is 10.5 Å². The van der Waals surface area contributed by atoms with Crippen molar-refractivity contribution >= 4 is 22.8 Å². The smallest absolute Gasteiger partial charge is 0.251 e. The Balaban J connectivity index is 1.76. The zero-order valence-electron chi connectivity index (χ0n) is 16.7. The molecular weight excluding hydrogens is 354 g/mol. The summed E-state index contributed by atoms with van der Waals surface area (Å²) in [5.41, 5.74) is 10.4. The van der Waals surface area contributed by atoms with E-state index in [0.29, 0.717) is 43.2 Å². The second-order valence-corrected chi connectivity index (χ2v) is 6.70.